The molecule has 9 aromatic rings. The van der Waals surface area contributed by atoms with Crippen molar-refractivity contribution >= 4 is 16.6 Å². The number of fused-ring (bicyclic) bond motifs is 1. The van der Waals surface area contributed by atoms with Gasteiger partial charge in [-0.25, -0.2) is 0 Å². The predicted molar refractivity (Wildman–Crippen MR) is 238 cm³/mol. The first-order valence-electron chi connectivity index (χ1n) is 19.0. The molecule has 57 heavy (non-hydrogen) atoms. The minimum Gasteiger partial charge on any atom is -0.264 e. The normalized spacial score (nSPS) is 11.4. The first-order valence-corrected chi connectivity index (χ1v) is 19.0. The van der Waals surface area contributed by atoms with Gasteiger partial charge < -0.3 is 0 Å². The highest BCUT2D eigenvalue weighted by atomic mass is 15.5. The fourth-order valence-corrected chi connectivity index (χ4v) is 7.41. The Morgan fingerprint density at radius 2 is 1.00 bits per heavy atom. The molecule has 0 atom stereocenters. The topological polar surface area (TPSA) is 43.6 Å². The summed E-state index contributed by atoms with van der Waals surface area (Å²) in [6, 6.07) is 61.9. The summed E-state index contributed by atoms with van der Waals surface area (Å²) in [6.07, 6.45) is 9.35. The molecule has 9 rings (SSSR count). The SMILES string of the molecule is C=C/C=C(\C=C)c1cc(-c2ccccc2)cc(-c2cc(-c3cc(-c4ccccc4)cc(-c4ccccc4)c3)cc3nn(-c4cccc(-c5cccnc5)c4)nc23)c1. The van der Waals surface area contributed by atoms with Crippen LogP contribution in [-0.2, 0) is 0 Å². The van der Waals surface area contributed by atoms with E-state index in [4.69, 9.17) is 10.2 Å². The molecule has 4 heteroatoms. The largest absolute Gasteiger partial charge is 0.264 e. The van der Waals surface area contributed by atoms with Gasteiger partial charge in [-0.3, -0.25) is 4.98 Å². The lowest BCUT2D eigenvalue weighted by Gasteiger charge is -2.14. The van der Waals surface area contributed by atoms with Crippen molar-refractivity contribution in [2.75, 3.05) is 0 Å². The summed E-state index contributed by atoms with van der Waals surface area (Å²) in [7, 11) is 0. The van der Waals surface area contributed by atoms with Crippen LogP contribution < -0.4 is 0 Å². The summed E-state index contributed by atoms with van der Waals surface area (Å²) < 4.78 is 0. The summed E-state index contributed by atoms with van der Waals surface area (Å²) in [6.45, 7) is 8.14. The second kappa shape index (κ2) is 15.6. The highest BCUT2D eigenvalue weighted by molar-refractivity contribution is 5.98. The van der Waals surface area contributed by atoms with Gasteiger partial charge in [0.25, 0.3) is 0 Å². The second-order valence-corrected chi connectivity index (χ2v) is 13.9. The Labute approximate surface area is 333 Å². The molecule has 0 aliphatic heterocycles. The van der Waals surface area contributed by atoms with Gasteiger partial charge in [-0.1, -0.05) is 141 Å². The van der Waals surface area contributed by atoms with E-state index in [1.807, 2.05) is 42.6 Å². The molecule has 0 aliphatic carbocycles. The molecule has 0 bridgehead atoms. The first kappa shape index (κ1) is 35.0. The Kier molecular flexibility index (Phi) is 9.58. The van der Waals surface area contributed by atoms with Crippen LogP contribution in [0.3, 0.4) is 0 Å². The lowest BCUT2D eigenvalue weighted by molar-refractivity contribution is 0.766. The van der Waals surface area contributed by atoms with E-state index in [-0.39, 0.29) is 0 Å². The summed E-state index contributed by atoms with van der Waals surface area (Å²) in [5.41, 5.74) is 17.5. The summed E-state index contributed by atoms with van der Waals surface area (Å²) in [4.78, 5) is 6.10. The average molecular weight is 731 g/mol. The van der Waals surface area contributed by atoms with Crippen LogP contribution in [0.1, 0.15) is 5.56 Å². The Hall–Kier alpha value is -7.69. The van der Waals surface area contributed by atoms with Crippen molar-refractivity contribution in [1.82, 2.24) is 20.0 Å². The lowest BCUT2D eigenvalue weighted by Crippen LogP contribution is -1.98. The predicted octanol–water partition coefficient (Wildman–Crippen LogP) is 13.6. The molecular formula is C53H38N4. The first-order chi connectivity index (χ1) is 28.1. The maximum absolute atomic E-state index is 5.23. The lowest BCUT2D eigenvalue weighted by atomic mass is 9.89. The number of hydrogen-bond donors (Lipinski definition) is 0. The van der Waals surface area contributed by atoms with E-state index in [0.29, 0.717) is 0 Å². The Morgan fingerprint density at radius 3 is 1.60 bits per heavy atom. The number of rotatable bonds is 10. The number of aromatic nitrogens is 4. The highest BCUT2D eigenvalue weighted by Gasteiger charge is 2.18. The van der Waals surface area contributed by atoms with Crippen LogP contribution in [0.4, 0.5) is 0 Å². The van der Waals surface area contributed by atoms with Crippen LogP contribution in [0.2, 0.25) is 0 Å². The number of pyridine rings is 1. The van der Waals surface area contributed by atoms with E-state index in [1.54, 1.807) is 17.1 Å². The zero-order chi connectivity index (χ0) is 38.6. The van der Waals surface area contributed by atoms with Crippen LogP contribution in [0, 0.1) is 0 Å². The van der Waals surface area contributed by atoms with E-state index >= 15 is 0 Å². The molecule has 2 aromatic heterocycles. The molecule has 2 heterocycles. The van der Waals surface area contributed by atoms with Crippen molar-refractivity contribution in [2.24, 2.45) is 0 Å². The van der Waals surface area contributed by atoms with Gasteiger partial charge in [-0.05, 0) is 134 Å². The smallest absolute Gasteiger partial charge is 0.121 e. The average Bonchev–Trinajstić information content (AvgIpc) is 3.73. The molecule has 0 N–H and O–H groups in total. The Balaban J connectivity index is 1.30. The number of allylic oxidation sites excluding steroid dienone is 4. The zero-order valence-electron chi connectivity index (χ0n) is 31.3. The highest BCUT2D eigenvalue weighted by Crippen LogP contribution is 2.39. The second-order valence-electron chi connectivity index (χ2n) is 13.9. The maximum Gasteiger partial charge on any atom is 0.121 e. The van der Waals surface area contributed by atoms with Crippen molar-refractivity contribution in [3.05, 3.63) is 225 Å². The van der Waals surface area contributed by atoms with Crippen molar-refractivity contribution in [2.45, 2.75) is 0 Å². The van der Waals surface area contributed by atoms with Crippen LogP contribution in [0.5, 0.6) is 0 Å². The molecule has 0 radical (unpaired) electrons. The quantitative estimate of drug-likeness (QED) is 0.132. The number of hydrogen-bond acceptors (Lipinski definition) is 3. The number of benzene rings is 7. The molecular weight excluding hydrogens is 693 g/mol. The molecule has 0 spiro atoms. The van der Waals surface area contributed by atoms with Crippen LogP contribution in [-0.4, -0.2) is 20.0 Å². The van der Waals surface area contributed by atoms with Crippen LogP contribution in [0.25, 0.3) is 89.1 Å². The monoisotopic (exact) mass is 730 g/mol. The van der Waals surface area contributed by atoms with Crippen molar-refractivity contribution in [3.63, 3.8) is 0 Å². The van der Waals surface area contributed by atoms with E-state index in [1.165, 1.54) is 0 Å². The van der Waals surface area contributed by atoms with Gasteiger partial charge in [0.15, 0.2) is 0 Å². The molecule has 0 aliphatic rings. The summed E-state index contributed by atoms with van der Waals surface area (Å²) >= 11 is 0. The minimum atomic E-state index is 0.790. The molecule has 7 aromatic carbocycles. The standard InChI is InChI=1S/C53H38N4/c1-3-16-37(4-2)43-27-46(40-21-12-7-13-22-40)32-49(31-43)51-34-48(47-29-44(38-17-8-5-9-18-38)28-45(30-47)39-19-10-6-11-20-39)35-52-53(51)56-57(55-52)50-25-14-23-41(33-50)42-24-15-26-54-36-42/h3-36H,1-2H2/b37-16+. The van der Waals surface area contributed by atoms with E-state index < -0.39 is 0 Å². The van der Waals surface area contributed by atoms with Gasteiger partial charge in [0, 0.05) is 23.5 Å². The molecule has 0 amide bonds. The maximum atomic E-state index is 5.23. The summed E-state index contributed by atoms with van der Waals surface area (Å²) in [5.74, 6) is 0. The Morgan fingerprint density at radius 1 is 0.456 bits per heavy atom. The molecule has 0 saturated carbocycles. The minimum absolute atomic E-state index is 0.790. The van der Waals surface area contributed by atoms with Gasteiger partial charge in [0.1, 0.15) is 11.0 Å². The molecule has 0 saturated heterocycles. The van der Waals surface area contributed by atoms with Gasteiger partial charge in [-0.2, -0.15) is 4.80 Å². The van der Waals surface area contributed by atoms with Gasteiger partial charge in [0.2, 0.25) is 0 Å². The third kappa shape index (κ3) is 7.28. The van der Waals surface area contributed by atoms with Crippen molar-refractivity contribution in [3.8, 4) is 72.4 Å². The van der Waals surface area contributed by atoms with Crippen molar-refractivity contribution in [1.29, 1.82) is 0 Å². The third-order valence-corrected chi connectivity index (χ3v) is 10.2. The van der Waals surface area contributed by atoms with E-state index in [0.717, 1.165) is 94.6 Å². The zero-order valence-corrected chi connectivity index (χ0v) is 31.3. The summed E-state index contributed by atoms with van der Waals surface area (Å²) in [5, 5.41) is 10.4. The third-order valence-electron chi connectivity index (χ3n) is 10.2. The Bertz CT molecular complexity index is 2850. The number of nitrogens with zero attached hydrogens (tertiary/aromatic N) is 4. The van der Waals surface area contributed by atoms with Crippen LogP contribution >= 0.6 is 0 Å². The van der Waals surface area contributed by atoms with Gasteiger partial charge in [0.05, 0.1) is 5.69 Å². The fourth-order valence-electron chi connectivity index (χ4n) is 7.41. The molecule has 4 nitrogen and oxygen atoms in total. The van der Waals surface area contributed by atoms with Gasteiger partial charge in [-0.15, -0.1) is 10.2 Å². The van der Waals surface area contributed by atoms with Gasteiger partial charge >= 0.3 is 0 Å². The van der Waals surface area contributed by atoms with Crippen molar-refractivity contribution < 1.29 is 0 Å². The van der Waals surface area contributed by atoms with Crippen LogP contribution in [0.15, 0.2) is 220 Å². The fraction of sp³-hybridized carbons (Fsp3) is 0. The molecule has 270 valence electrons. The molecule has 0 unspecified atom stereocenters. The molecule has 0 fully saturated rings. The van der Waals surface area contributed by atoms with E-state index in [9.17, 15) is 0 Å². The van der Waals surface area contributed by atoms with E-state index in [2.05, 4.69) is 170 Å².